The number of halogens is 1. The van der Waals surface area contributed by atoms with Crippen LogP contribution in [0.1, 0.15) is 29.0 Å². The third kappa shape index (κ3) is 4.58. The number of para-hydroxylation sites is 1. The summed E-state index contributed by atoms with van der Waals surface area (Å²) < 4.78 is 10.8. The molecule has 30 heavy (non-hydrogen) atoms. The van der Waals surface area contributed by atoms with E-state index in [-0.39, 0.29) is 35.3 Å². The Labute approximate surface area is 194 Å². The highest BCUT2D eigenvalue weighted by Gasteiger charge is 2.46. The fraction of sp³-hybridized carbons (Fsp3) is 0.455. The van der Waals surface area contributed by atoms with Crippen molar-refractivity contribution < 1.29 is 13.9 Å². The lowest BCUT2D eigenvalue weighted by Gasteiger charge is -2.36. The minimum atomic E-state index is -0.0503. The molecule has 1 aliphatic carbocycles. The standard InChI is InChI=1S/C22H28N4O3.HI/c1-23-21(24-16-22(9-10-22)17-6-3-4-7-18(17)28-2)26-13-11-25(12-14-26)20(27)19-8-5-15-29-19;/h3-8,15H,9-14,16H2,1-2H3,(H,23,24);1H. The number of carbonyl (C=O) groups excluding carboxylic acids is 1. The summed E-state index contributed by atoms with van der Waals surface area (Å²) in [6.45, 7) is 3.61. The summed E-state index contributed by atoms with van der Waals surface area (Å²) in [5.74, 6) is 2.18. The summed E-state index contributed by atoms with van der Waals surface area (Å²) >= 11 is 0. The second kappa shape index (κ2) is 9.72. The highest BCUT2D eigenvalue weighted by Crippen LogP contribution is 2.50. The van der Waals surface area contributed by atoms with E-state index in [9.17, 15) is 4.79 Å². The van der Waals surface area contributed by atoms with Crippen molar-refractivity contribution in [2.45, 2.75) is 18.3 Å². The minimum absolute atomic E-state index is 0. The lowest BCUT2D eigenvalue weighted by Crippen LogP contribution is -2.54. The maximum atomic E-state index is 12.4. The highest BCUT2D eigenvalue weighted by molar-refractivity contribution is 14.0. The molecule has 2 aromatic rings. The van der Waals surface area contributed by atoms with E-state index in [1.165, 1.54) is 11.8 Å². The van der Waals surface area contributed by atoms with Crippen molar-refractivity contribution in [3.63, 3.8) is 0 Å². The monoisotopic (exact) mass is 524 g/mol. The molecule has 0 bridgehead atoms. The van der Waals surface area contributed by atoms with E-state index >= 15 is 0 Å². The number of methoxy groups -OCH3 is 1. The van der Waals surface area contributed by atoms with Crippen LogP contribution in [-0.4, -0.2) is 68.5 Å². The lowest BCUT2D eigenvalue weighted by molar-refractivity contribution is 0.0657. The van der Waals surface area contributed by atoms with Crippen molar-refractivity contribution in [2.24, 2.45) is 4.99 Å². The van der Waals surface area contributed by atoms with E-state index < -0.39 is 0 Å². The second-order valence-corrected chi connectivity index (χ2v) is 7.64. The van der Waals surface area contributed by atoms with Gasteiger partial charge in [0.15, 0.2) is 11.7 Å². The van der Waals surface area contributed by atoms with Gasteiger partial charge in [-0.25, -0.2) is 0 Å². The fourth-order valence-corrected chi connectivity index (χ4v) is 4.03. The Kier molecular flexibility index (Phi) is 7.27. The van der Waals surface area contributed by atoms with Crippen LogP contribution in [0.25, 0.3) is 0 Å². The van der Waals surface area contributed by atoms with Gasteiger partial charge in [0.1, 0.15) is 5.75 Å². The number of hydrogen-bond acceptors (Lipinski definition) is 4. The zero-order valence-electron chi connectivity index (χ0n) is 17.5. The van der Waals surface area contributed by atoms with Crippen molar-refractivity contribution in [1.82, 2.24) is 15.1 Å². The first-order chi connectivity index (χ1) is 14.2. The number of furan rings is 1. The van der Waals surface area contributed by atoms with Crippen LogP contribution in [0.4, 0.5) is 0 Å². The Morgan fingerprint density at radius 2 is 1.83 bits per heavy atom. The molecule has 0 unspecified atom stereocenters. The van der Waals surface area contributed by atoms with Crippen molar-refractivity contribution in [3.05, 3.63) is 54.0 Å². The van der Waals surface area contributed by atoms with E-state index in [2.05, 4.69) is 27.3 Å². The van der Waals surface area contributed by atoms with Gasteiger partial charge in [0.25, 0.3) is 5.91 Å². The Balaban J connectivity index is 0.00000256. The molecule has 2 fully saturated rings. The van der Waals surface area contributed by atoms with Crippen molar-refractivity contribution in [2.75, 3.05) is 46.9 Å². The number of carbonyl (C=O) groups is 1. The van der Waals surface area contributed by atoms with E-state index in [0.29, 0.717) is 18.8 Å². The molecule has 8 heteroatoms. The average Bonchev–Trinajstić information content (AvgIpc) is 3.36. The topological polar surface area (TPSA) is 70.3 Å². The Morgan fingerprint density at radius 1 is 1.13 bits per heavy atom. The third-order valence-electron chi connectivity index (χ3n) is 5.93. The zero-order chi connectivity index (χ0) is 20.3. The van der Waals surface area contributed by atoms with Gasteiger partial charge < -0.3 is 24.3 Å². The van der Waals surface area contributed by atoms with Crippen LogP contribution < -0.4 is 10.1 Å². The molecule has 1 aromatic heterocycles. The number of nitrogens with zero attached hydrogens (tertiary/aromatic N) is 3. The van der Waals surface area contributed by atoms with Crippen LogP contribution in [0.15, 0.2) is 52.1 Å². The Hall–Kier alpha value is -2.23. The number of piperazine rings is 1. The van der Waals surface area contributed by atoms with Crippen LogP contribution in [0.3, 0.4) is 0 Å². The van der Waals surface area contributed by atoms with E-state index in [1.54, 1.807) is 19.2 Å². The largest absolute Gasteiger partial charge is 0.496 e. The summed E-state index contributed by atoms with van der Waals surface area (Å²) in [6, 6.07) is 11.7. The lowest BCUT2D eigenvalue weighted by atomic mass is 9.95. The van der Waals surface area contributed by atoms with Gasteiger partial charge in [-0.2, -0.15) is 0 Å². The Bertz CT molecular complexity index is 872. The number of amides is 1. The van der Waals surface area contributed by atoms with Crippen molar-refractivity contribution >= 4 is 35.8 Å². The molecule has 0 atom stereocenters. The summed E-state index contributed by atoms with van der Waals surface area (Å²) in [7, 11) is 3.54. The van der Waals surface area contributed by atoms with Gasteiger partial charge in [-0.3, -0.25) is 9.79 Å². The minimum Gasteiger partial charge on any atom is -0.496 e. The number of rotatable bonds is 5. The first-order valence-electron chi connectivity index (χ1n) is 10.1. The van der Waals surface area contributed by atoms with Crippen LogP contribution >= 0.6 is 24.0 Å². The van der Waals surface area contributed by atoms with Gasteiger partial charge in [0, 0.05) is 50.7 Å². The molecule has 2 aliphatic rings. The van der Waals surface area contributed by atoms with Crippen molar-refractivity contribution in [1.29, 1.82) is 0 Å². The third-order valence-corrected chi connectivity index (χ3v) is 5.93. The molecule has 1 aliphatic heterocycles. The number of benzene rings is 1. The van der Waals surface area contributed by atoms with Gasteiger partial charge in [0.05, 0.1) is 13.4 Å². The molecule has 1 amide bonds. The maximum Gasteiger partial charge on any atom is 0.289 e. The molecule has 2 heterocycles. The van der Waals surface area contributed by atoms with E-state index in [4.69, 9.17) is 9.15 Å². The van der Waals surface area contributed by atoms with Gasteiger partial charge in [0.2, 0.25) is 0 Å². The molecule has 7 nitrogen and oxygen atoms in total. The highest BCUT2D eigenvalue weighted by atomic mass is 127. The molecule has 162 valence electrons. The van der Waals surface area contributed by atoms with Gasteiger partial charge >= 0.3 is 0 Å². The van der Waals surface area contributed by atoms with Gasteiger partial charge in [-0.15, -0.1) is 24.0 Å². The summed E-state index contributed by atoms with van der Waals surface area (Å²) in [5.41, 5.74) is 1.37. The van der Waals surface area contributed by atoms with Gasteiger partial charge in [-0.1, -0.05) is 18.2 Å². The fourth-order valence-electron chi connectivity index (χ4n) is 4.03. The predicted octanol–water partition coefficient (Wildman–Crippen LogP) is 2.97. The second-order valence-electron chi connectivity index (χ2n) is 7.64. The van der Waals surface area contributed by atoms with Crippen LogP contribution in [-0.2, 0) is 5.41 Å². The zero-order valence-corrected chi connectivity index (χ0v) is 19.8. The maximum absolute atomic E-state index is 12.4. The number of nitrogens with one attached hydrogen (secondary N) is 1. The van der Waals surface area contributed by atoms with E-state index in [0.717, 1.165) is 44.2 Å². The van der Waals surface area contributed by atoms with Crippen LogP contribution in [0, 0.1) is 0 Å². The molecule has 4 rings (SSSR count). The normalized spacial score (nSPS) is 17.9. The Morgan fingerprint density at radius 3 is 2.43 bits per heavy atom. The van der Waals surface area contributed by atoms with Crippen molar-refractivity contribution in [3.8, 4) is 5.75 Å². The average molecular weight is 524 g/mol. The quantitative estimate of drug-likeness (QED) is 0.370. The number of aliphatic imine (C=N–C) groups is 1. The predicted molar refractivity (Wildman–Crippen MR) is 127 cm³/mol. The molecule has 0 spiro atoms. The first kappa shape index (κ1) is 22.5. The number of hydrogen-bond donors (Lipinski definition) is 1. The summed E-state index contributed by atoms with van der Waals surface area (Å²) in [6.07, 6.45) is 3.82. The van der Waals surface area contributed by atoms with Crippen LogP contribution in [0.2, 0.25) is 0 Å². The van der Waals surface area contributed by atoms with Gasteiger partial charge in [-0.05, 0) is 31.0 Å². The van der Waals surface area contributed by atoms with Crippen LogP contribution in [0.5, 0.6) is 5.75 Å². The SMILES string of the molecule is CN=C(NCC1(c2ccccc2OC)CC1)N1CCN(C(=O)c2ccco2)CC1.I. The molecule has 1 aromatic carbocycles. The molecule has 0 radical (unpaired) electrons. The summed E-state index contributed by atoms with van der Waals surface area (Å²) in [4.78, 5) is 21.0. The smallest absolute Gasteiger partial charge is 0.289 e. The molecule has 1 saturated carbocycles. The summed E-state index contributed by atoms with van der Waals surface area (Å²) in [5, 5.41) is 3.56. The number of guanidine groups is 1. The number of ether oxygens (including phenoxy) is 1. The molecule has 1 N–H and O–H groups in total. The first-order valence-corrected chi connectivity index (χ1v) is 10.1. The van der Waals surface area contributed by atoms with E-state index in [1.807, 2.05) is 24.1 Å². The molecular formula is C22H29IN4O3. The molecular weight excluding hydrogens is 495 g/mol. The molecule has 1 saturated heterocycles.